The Bertz CT molecular complexity index is 1470. The molecule has 9 nitrogen and oxygen atoms in total. The van der Waals surface area contributed by atoms with Gasteiger partial charge in [0, 0.05) is 44.9 Å². The molecule has 2 fully saturated rings. The molecule has 0 saturated carbocycles. The van der Waals surface area contributed by atoms with Crippen molar-refractivity contribution in [3.8, 4) is 12.3 Å². The monoisotopic (exact) mass is 594 g/mol. The summed E-state index contributed by atoms with van der Waals surface area (Å²) in [5.74, 6) is -1.30. The second kappa shape index (κ2) is 12.4. The molecule has 3 heterocycles. The van der Waals surface area contributed by atoms with Crippen molar-refractivity contribution in [3.63, 3.8) is 0 Å². The molecule has 0 spiro atoms. The quantitative estimate of drug-likeness (QED) is 0.324. The zero-order valence-corrected chi connectivity index (χ0v) is 23.1. The van der Waals surface area contributed by atoms with Crippen LogP contribution in [0.3, 0.4) is 0 Å². The number of nitrogens with one attached hydrogen (secondary N) is 1. The molecule has 0 aliphatic carbocycles. The number of likely N-dealkylation sites (tertiary alicyclic amines) is 2. The zero-order valence-electron chi connectivity index (χ0n) is 23.1. The maximum absolute atomic E-state index is 14.5. The van der Waals surface area contributed by atoms with E-state index >= 15 is 0 Å². The summed E-state index contributed by atoms with van der Waals surface area (Å²) in [5, 5.41) is 2.55. The standard InChI is InChI=1S/C28H31F5N6O3/c1-4-22-24(34-5-2)36(3)27(42)39(22)18-11-13-37(14-12-18)26(41)35-21-10-9-17(19-7-6-8-20(29)23(19)30)15-38(25(21)40)16-28(31,32)33/h1,5-8,17-18,21H,9-16H2,2-3H3,(H,35,41)/b34-5-/t17-,21-/m1/s1. The Hall–Kier alpha value is -4.15. The van der Waals surface area contributed by atoms with Crippen molar-refractivity contribution in [2.45, 2.75) is 56.8 Å². The fourth-order valence-corrected chi connectivity index (χ4v) is 5.67. The Morgan fingerprint density at radius 3 is 2.48 bits per heavy atom. The molecule has 1 N–H and O–H groups in total. The summed E-state index contributed by atoms with van der Waals surface area (Å²) in [6, 6.07) is 1.18. The van der Waals surface area contributed by atoms with E-state index in [0.29, 0.717) is 29.3 Å². The van der Waals surface area contributed by atoms with Crippen molar-refractivity contribution >= 4 is 24.0 Å². The molecule has 4 rings (SSSR count). The molecule has 2 aliphatic heterocycles. The molecule has 0 unspecified atom stereocenters. The molecule has 1 aromatic heterocycles. The van der Waals surface area contributed by atoms with E-state index in [-0.39, 0.29) is 43.2 Å². The lowest BCUT2D eigenvalue weighted by atomic mass is 9.93. The molecule has 1 aromatic carbocycles. The van der Waals surface area contributed by atoms with Crippen molar-refractivity contribution in [2.75, 3.05) is 26.2 Å². The lowest BCUT2D eigenvalue weighted by Gasteiger charge is -2.34. The summed E-state index contributed by atoms with van der Waals surface area (Å²) >= 11 is 0. The average Bonchev–Trinajstić information content (AvgIpc) is 3.08. The number of hydrogen-bond acceptors (Lipinski definition) is 4. The first-order valence-corrected chi connectivity index (χ1v) is 13.5. The highest BCUT2D eigenvalue weighted by Crippen LogP contribution is 2.32. The lowest BCUT2D eigenvalue weighted by molar-refractivity contribution is -0.162. The van der Waals surface area contributed by atoms with Gasteiger partial charge < -0.3 is 15.1 Å². The van der Waals surface area contributed by atoms with Gasteiger partial charge in [0.05, 0.1) is 0 Å². The number of carbonyl (C=O) groups is 2. The summed E-state index contributed by atoms with van der Waals surface area (Å²) in [5.41, 5.74) is -0.148. The van der Waals surface area contributed by atoms with Crippen molar-refractivity contribution in [2.24, 2.45) is 12.0 Å². The Morgan fingerprint density at radius 1 is 1.17 bits per heavy atom. The molecule has 0 bridgehead atoms. The van der Waals surface area contributed by atoms with Crippen LogP contribution in [0.5, 0.6) is 0 Å². The van der Waals surface area contributed by atoms with Crippen LogP contribution in [0.25, 0.3) is 0 Å². The van der Waals surface area contributed by atoms with Gasteiger partial charge in [-0.2, -0.15) is 13.2 Å². The van der Waals surface area contributed by atoms with E-state index < -0.39 is 54.8 Å². The van der Waals surface area contributed by atoms with Crippen LogP contribution in [-0.2, 0) is 11.8 Å². The number of hydrogen-bond donors (Lipinski definition) is 1. The number of imidazole rings is 1. The molecule has 0 radical (unpaired) electrons. The molecule has 226 valence electrons. The number of aromatic nitrogens is 2. The Morgan fingerprint density at radius 2 is 1.86 bits per heavy atom. The lowest BCUT2D eigenvalue weighted by Crippen LogP contribution is -2.54. The molecular weight excluding hydrogens is 563 g/mol. The number of urea groups is 1. The van der Waals surface area contributed by atoms with Crippen LogP contribution in [0.4, 0.5) is 32.6 Å². The molecule has 2 aromatic rings. The Kier molecular flexibility index (Phi) is 9.08. The number of rotatable bonds is 5. The third kappa shape index (κ3) is 6.34. The van der Waals surface area contributed by atoms with Crippen LogP contribution in [-0.4, -0.2) is 75.5 Å². The van der Waals surface area contributed by atoms with Gasteiger partial charge in [-0.15, -0.1) is 6.42 Å². The van der Waals surface area contributed by atoms with Gasteiger partial charge in [0.15, 0.2) is 17.5 Å². The van der Waals surface area contributed by atoms with Gasteiger partial charge >= 0.3 is 17.9 Å². The summed E-state index contributed by atoms with van der Waals surface area (Å²) in [7, 11) is 1.56. The number of alkyl halides is 3. The van der Waals surface area contributed by atoms with Crippen molar-refractivity contribution in [1.29, 1.82) is 0 Å². The first kappa shape index (κ1) is 30.8. The number of piperidine rings is 1. The number of terminal acetylenes is 1. The fraction of sp³-hybridized carbons (Fsp3) is 0.500. The molecule has 14 heteroatoms. The maximum Gasteiger partial charge on any atom is 0.406 e. The third-order valence-electron chi connectivity index (χ3n) is 7.71. The third-order valence-corrected chi connectivity index (χ3v) is 7.71. The van der Waals surface area contributed by atoms with E-state index in [2.05, 4.69) is 16.2 Å². The topological polar surface area (TPSA) is 91.9 Å². The normalized spacial score (nSPS) is 20.6. The van der Waals surface area contributed by atoms with Crippen LogP contribution < -0.4 is 11.0 Å². The minimum Gasteiger partial charge on any atom is -0.331 e. The van der Waals surface area contributed by atoms with Crippen molar-refractivity contribution in [3.05, 3.63) is 51.6 Å². The Labute approximate surface area is 239 Å². The van der Waals surface area contributed by atoms with Crippen LogP contribution in [0, 0.1) is 24.0 Å². The van der Waals surface area contributed by atoms with E-state index in [1.165, 1.54) is 32.4 Å². The van der Waals surface area contributed by atoms with Crippen LogP contribution in [0.15, 0.2) is 28.0 Å². The van der Waals surface area contributed by atoms with Crippen molar-refractivity contribution < 1.29 is 31.5 Å². The number of aliphatic imine (C=N–C) groups is 1. The second-order valence-corrected chi connectivity index (χ2v) is 10.4. The minimum absolute atomic E-state index is 0.0435. The first-order chi connectivity index (χ1) is 19.9. The highest BCUT2D eigenvalue weighted by Gasteiger charge is 2.40. The van der Waals surface area contributed by atoms with Gasteiger partial charge in [0.1, 0.15) is 18.3 Å². The first-order valence-electron chi connectivity index (χ1n) is 13.5. The molecule has 3 amide bonds. The van der Waals surface area contributed by atoms with E-state index in [1.807, 2.05) is 0 Å². The second-order valence-electron chi connectivity index (χ2n) is 10.4. The van der Waals surface area contributed by atoms with Crippen LogP contribution >= 0.6 is 0 Å². The number of halogens is 5. The predicted octanol–water partition coefficient (Wildman–Crippen LogP) is 3.85. The predicted molar refractivity (Wildman–Crippen MR) is 145 cm³/mol. The number of nitrogens with zero attached hydrogens (tertiary/aromatic N) is 5. The molecule has 42 heavy (non-hydrogen) atoms. The van der Waals surface area contributed by atoms with Crippen LogP contribution in [0.2, 0.25) is 0 Å². The largest absolute Gasteiger partial charge is 0.406 e. The summed E-state index contributed by atoms with van der Waals surface area (Å²) in [6.45, 7) is 0.00583. The summed E-state index contributed by atoms with van der Waals surface area (Å²) in [6.07, 6.45) is 3.15. The summed E-state index contributed by atoms with van der Waals surface area (Å²) < 4.78 is 71.3. The van der Waals surface area contributed by atoms with Gasteiger partial charge in [-0.1, -0.05) is 12.1 Å². The fourth-order valence-electron chi connectivity index (χ4n) is 5.67. The Balaban J connectivity index is 1.47. The van der Waals surface area contributed by atoms with Gasteiger partial charge in [0.25, 0.3) is 0 Å². The van der Waals surface area contributed by atoms with E-state index in [9.17, 15) is 36.3 Å². The minimum atomic E-state index is -4.74. The number of amides is 3. The van der Waals surface area contributed by atoms with Crippen molar-refractivity contribution in [1.82, 2.24) is 24.3 Å². The number of benzene rings is 1. The molecule has 2 atom stereocenters. The zero-order chi connectivity index (χ0) is 30.8. The van der Waals surface area contributed by atoms with Gasteiger partial charge in [-0.05, 0) is 50.2 Å². The van der Waals surface area contributed by atoms with E-state index in [0.717, 1.165) is 6.07 Å². The molecule has 2 saturated heterocycles. The highest BCUT2D eigenvalue weighted by molar-refractivity contribution is 5.87. The van der Waals surface area contributed by atoms with Gasteiger partial charge in [-0.25, -0.2) is 23.4 Å². The highest BCUT2D eigenvalue weighted by atomic mass is 19.4. The van der Waals surface area contributed by atoms with E-state index in [1.54, 1.807) is 14.0 Å². The summed E-state index contributed by atoms with van der Waals surface area (Å²) in [4.78, 5) is 45.3. The maximum atomic E-state index is 14.5. The molecular formula is C28H31F5N6O3. The average molecular weight is 595 g/mol. The number of carbonyl (C=O) groups excluding carboxylic acids is 2. The van der Waals surface area contributed by atoms with Crippen LogP contribution in [0.1, 0.15) is 55.8 Å². The van der Waals surface area contributed by atoms with E-state index in [4.69, 9.17) is 6.42 Å². The molecule has 2 aliphatic rings. The van der Waals surface area contributed by atoms with Gasteiger partial charge in [-0.3, -0.25) is 13.9 Å². The SMILES string of the molecule is C#Cc1c(/N=C\C)n(C)c(=O)n1C1CCN(C(=O)N[C@@H]2CC[C@@H](c3cccc(F)c3F)CN(CC(F)(F)F)C2=O)CC1. The van der Waals surface area contributed by atoms with Gasteiger partial charge in [0.2, 0.25) is 5.91 Å². The smallest absolute Gasteiger partial charge is 0.331 e.